The van der Waals surface area contributed by atoms with Crippen LogP contribution in [-0.4, -0.2) is 47.2 Å². The van der Waals surface area contributed by atoms with Gasteiger partial charge in [-0.05, 0) is 6.92 Å². The van der Waals surface area contributed by atoms with E-state index in [1.54, 1.807) is 0 Å². The first-order valence-electron chi connectivity index (χ1n) is 5.69. The summed E-state index contributed by atoms with van der Waals surface area (Å²) in [6.45, 7) is 2.76. The SMILES string of the molecule is CCNc1nc(NCCS(N)(=O)=O)c2[nH]cnc2n1. The summed E-state index contributed by atoms with van der Waals surface area (Å²) in [4.78, 5) is 15.4. The molecule has 0 saturated heterocycles. The Hall–Kier alpha value is -1.94. The summed E-state index contributed by atoms with van der Waals surface area (Å²) in [6, 6.07) is 0. The Morgan fingerprint density at radius 1 is 1.37 bits per heavy atom. The second-order valence-corrected chi connectivity index (χ2v) is 5.56. The van der Waals surface area contributed by atoms with E-state index in [2.05, 4.69) is 30.6 Å². The highest BCUT2D eigenvalue weighted by Gasteiger charge is 2.10. The Morgan fingerprint density at radius 2 is 2.16 bits per heavy atom. The van der Waals surface area contributed by atoms with E-state index < -0.39 is 10.0 Å². The number of nitrogens with one attached hydrogen (secondary N) is 3. The average Bonchev–Trinajstić information content (AvgIpc) is 2.76. The fourth-order valence-corrected chi connectivity index (χ4v) is 1.90. The maximum Gasteiger partial charge on any atom is 0.226 e. The number of anilines is 2. The molecule has 0 aliphatic carbocycles. The summed E-state index contributed by atoms with van der Waals surface area (Å²) in [6.07, 6.45) is 1.50. The van der Waals surface area contributed by atoms with E-state index in [0.717, 1.165) is 0 Å². The molecule has 10 heteroatoms. The predicted octanol–water partition coefficient (Wildman–Crippen LogP) is -0.515. The zero-order chi connectivity index (χ0) is 13.9. The van der Waals surface area contributed by atoms with Gasteiger partial charge in [0.1, 0.15) is 5.52 Å². The van der Waals surface area contributed by atoms with Crippen molar-refractivity contribution in [3.8, 4) is 0 Å². The molecule has 0 unspecified atom stereocenters. The summed E-state index contributed by atoms with van der Waals surface area (Å²) in [5, 5.41) is 10.8. The lowest BCUT2D eigenvalue weighted by atomic mass is 10.5. The highest BCUT2D eigenvalue weighted by Crippen LogP contribution is 2.18. The Kier molecular flexibility index (Phi) is 3.81. The summed E-state index contributed by atoms with van der Waals surface area (Å²) < 4.78 is 21.8. The van der Waals surface area contributed by atoms with Gasteiger partial charge < -0.3 is 15.6 Å². The maximum absolute atomic E-state index is 10.9. The molecule has 0 aromatic carbocycles. The average molecular weight is 285 g/mol. The monoisotopic (exact) mass is 285 g/mol. The molecule has 0 radical (unpaired) electrons. The summed E-state index contributed by atoms with van der Waals surface area (Å²) in [5.74, 6) is 0.741. The van der Waals surface area contributed by atoms with Gasteiger partial charge in [-0.2, -0.15) is 9.97 Å². The lowest BCUT2D eigenvalue weighted by Gasteiger charge is -2.08. The molecule has 2 heterocycles. The normalized spacial score (nSPS) is 11.7. The third-order valence-corrected chi connectivity index (χ3v) is 3.07. The van der Waals surface area contributed by atoms with Crippen molar-refractivity contribution in [3.63, 3.8) is 0 Å². The highest BCUT2D eigenvalue weighted by molar-refractivity contribution is 7.89. The van der Waals surface area contributed by atoms with Crippen LogP contribution in [0.2, 0.25) is 0 Å². The van der Waals surface area contributed by atoms with Crippen LogP contribution < -0.4 is 15.8 Å². The van der Waals surface area contributed by atoms with Crippen molar-refractivity contribution in [1.29, 1.82) is 0 Å². The largest absolute Gasteiger partial charge is 0.367 e. The first kappa shape index (κ1) is 13.5. The maximum atomic E-state index is 10.9. The Labute approximate surface area is 110 Å². The zero-order valence-corrected chi connectivity index (χ0v) is 11.2. The molecular weight excluding hydrogens is 270 g/mol. The smallest absolute Gasteiger partial charge is 0.226 e. The van der Waals surface area contributed by atoms with Crippen molar-refractivity contribution in [2.45, 2.75) is 6.92 Å². The van der Waals surface area contributed by atoms with Crippen molar-refractivity contribution in [2.24, 2.45) is 5.14 Å². The summed E-state index contributed by atoms with van der Waals surface area (Å²) in [7, 11) is -3.50. The minimum atomic E-state index is -3.50. The number of aromatic nitrogens is 4. The summed E-state index contributed by atoms with van der Waals surface area (Å²) >= 11 is 0. The minimum Gasteiger partial charge on any atom is -0.367 e. The molecule has 2 aromatic heterocycles. The molecule has 104 valence electrons. The molecule has 0 saturated carbocycles. The molecule has 0 fully saturated rings. The topological polar surface area (TPSA) is 139 Å². The fraction of sp³-hybridized carbons (Fsp3) is 0.444. The van der Waals surface area contributed by atoms with Crippen LogP contribution in [0.3, 0.4) is 0 Å². The van der Waals surface area contributed by atoms with Gasteiger partial charge in [-0.25, -0.2) is 18.5 Å². The van der Waals surface area contributed by atoms with Gasteiger partial charge in [-0.15, -0.1) is 0 Å². The number of aromatic amines is 1. The van der Waals surface area contributed by atoms with Gasteiger partial charge in [0.25, 0.3) is 0 Å². The van der Waals surface area contributed by atoms with Crippen molar-refractivity contribution in [3.05, 3.63) is 6.33 Å². The molecule has 0 spiro atoms. The summed E-state index contributed by atoms with van der Waals surface area (Å²) in [5.41, 5.74) is 1.13. The number of nitrogens with zero attached hydrogens (tertiary/aromatic N) is 3. The van der Waals surface area contributed by atoms with E-state index in [0.29, 0.717) is 29.5 Å². The van der Waals surface area contributed by atoms with Crippen molar-refractivity contribution in [1.82, 2.24) is 19.9 Å². The number of sulfonamides is 1. The van der Waals surface area contributed by atoms with Crippen molar-refractivity contribution < 1.29 is 8.42 Å². The van der Waals surface area contributed by atoms with Gasteiger partial charge in [0, 0.05) is 13.1 Å². The lowest BCUT2D eigenvalue weighted by molar-refractivity contribution is 0.598. The number of imidazole rings is 1. The first-order valence-corrected chi connectivity index (χ1v) is 7.40. The molecule has 9 nitrogen and oxygen atoms in total. The first-order chi connectivity index (χ1) is 8.99. The number of nitrogens with two attached hydrogens (primary N) is 1. The van der Waals surface area contributed by atoms with E-state index in [4.69, 9.17) is 5.14 Å². The van der Waals surface area contributed by atoms with E-state index in [1.165, 1.54) is 6.33 Å². The van der Waals surface area contributed by atoms with E-state index in [-0.39, 0.29) is 12.3 Å². The number of hydrogen-bond donors (Lipinski definition) is 4. The van der Waals surface area contributed by atoms with Crippen molar-refractivity contribution >= 4 is 33.0 Å². The van der Waals surface area contributed by atoms with Crippen LogP contribution in [0, 0.1) is 0 Å². The molecule has 19 heavy (non-hydrogen) atoms. The highest BCUT2D eigenvalue weighted by atomic mass is 32.2. The molecular formula is C9H15N7O2S. The van der Waals surface area contributed by atoms with Crippen LogP contribution in [0.25, 0.3) is 11.2 Å². The third kappa shape index (κ3) is 3.51. The van der Waals surface area contributed by atoms with Gasteiger partial charge in [-0.3, -0.25) is 0 Å². The van der Waals surface area contributed by atoms with E-state index in [9.17, 15) is 8.42 Å². The molecule has 5 N–H and O–H groups in total. The Morgan fingerprint density at radius 3 is 2.84 bits per heavy atom. The molecule has 2 aromatic rings. The third-order valence-electron chi connectivity index (χ3n) is 2.30. The van der Waals surface area contributed by atoms with Gasteiger partial charge in [0.2, 0.25) is 16.0 Å². The second kappa shape index (κ2) is 5.36. The van der Waals surface area contributed by atoms with E-state index >= 15 is 0 Å². The Balaban J connectivity index is 2.22. The van der Waals surface area contributed by atoms with Crippen LogP contribution in [-0.2, 0) is 10.0 Å². The van der Waals surface area contributed by atoms with Crippen LogP contribution >= 0.6 is 0 Å². The zero-order valence-electron chi connectivity index (χ0n) is 10.3. The van der Waals surface area contributed by atoms with Crippen LogP contribution in [0.15, 0.2) is 6.33 Å². The molecule has 0 aliphatic heterocycles. The van der Waals surface area contributed by atoms with E-state index in [1.807, 2.05) is 6.92 Å². The van der Waals surface area contributed by atoms with Crippen LogP contribution in [0.1, 0.15) is 6.92 Å². The van der Waals surface area contributed by atoms with Gasteiger partial charge in [0.05, 0.1) is 12.1 Å². The molecule has 2 rings (SSSR count). The van der Waals surface area contributed by atoms with Gasteiger partial charge in [-0.1, -0.05) is 0 Å². The second-order valence-electron chi connectivity index (χ2n) is 3.82. The molecule has 0 atom stereocenters. The van der Waals surface area contributed by atoms with Gasteiger partial charge in [0.15, 0.2) is 11.5 Å². The fourth-order valence-electron chi connectivity index (χ4n) is 1.51. The predicted molar refractivity (Wildman–Crippen MR) is 72.3 cm³/mol. The minimum absolute atomic E-state index is 0.162. The number of rotatable bonds is 6. The lowest BCUT2D eigenvalue weighted by Crippen LogP contribution is -2.22. The Bertz CT molecular complexity index is 666. The number of primary sulfonamides is 1. The molecule has 0 bridgehead atoms. The molecule has 0 aliphatic rings. The van der Waals surface area contributed by atoms with Crippen molar-refractivity contribution in [2.75, 3.05) is 29.5 Å². The number of fused-ring (bicyclic) bond motifs is 1. The van der Waals surface area contributed by atoms with Crippen LogP contribution in [0.4, 0.5) is 11.8 Å². The number of H-pyrrole nitrogens is 1. The molecule has 0 amide bonds. The quantitative estimate of drug-likeness (QED) is 0.560. The number of hydrogen-bond acceptors (Lipinski definition) is 7. The van der Waals surface area contributed by atoms with Gasteiger partial charge >= 0.3 is 0 Å². The standard InChI is InChI=1S/C9H15N7O2S/c1-2-11-9-15-7(12-3-4-19(10,17)18)6-8(16-9)14-5-13-6/h5H,2-4H2,1H3,(H2,10,17,18)(H3,11,12,13,14,15,16). The van der Waals surface area contributed by atoms with Crippen LogP contribution in [0.5, 0.6) is 0 Å².